The fourth-order valence-corrected chi connectivity index (χ4v) is 1.91. The largest absolute Gasteiger partial charge is 0.334 e. The maximum absolute atomic E-state index is 12.4. The Kier molecular flexibility index (Phi) is 4.01. The molecule has 0 aliphatic rings. The van der Waals surface area contributed by atoms with E-state index in [0.29, 0.717) is 13.1 Å². The Labute approximate surface area is 120 Å². The summed E-state index contributed by atoms with van der Waals surface area (Å²) in [7, 11) is 3.34. The first kappa shape index (κ1) is 14.7. The maximum atomic E-state index is 12.4. The van der Waals surface area contributed by atoms with E-state index < -0.39 is 10.8 Å². The Bertz CT molecular complexity index is 674. The van der Waals surface area contributed by atoms with Gasteiger partial charge >= 0.3 is 5.69 Å². The molecule has 2 rings (SSSR count). The Hall–Kier alpha value is -2.71. The minimum absolute atomic E-state index is 0.147. The monoisotopic (exact) mass is 292 g/mol. The smallest absolute Gasteiger partial charge is 0.320 e. The van der Waals surface area contributed by atoms with Gasteiger partial charge in [0.2, 0.25) is 5.69 Å². The molecule has 0 aliphatic heterocycles. The van der Waals surface area contributed by atoms with Gasteiger partial charge in [0.15, 0.2) is 0 Å². The summed E-state index contributed by atoms with van der Waals surface area (Å²) in [5.41, 5.74) is 0.397. The molecule has 0 saturated heterocycles. The first-order valence-corrected chi connectivity index (χ1v) is 6.38. The van der Waals surface area contributed by atoms with Gasteiger partial charge in [0.1, 0.15) is 6.20 Å². The number of rotatable bonds is 5. The molecule has 0 radical (unpaired) electrons. The number of hydrogen-bond donors (Lipinski definition) is 0. The van der Waals surface area contributed by atoms with Crippen LogP contribution >= 0.6 is 0 Å². The van der Waals surface area contributed by atoms with Gasteiger partial charge in [0.25, 0.3) is 5.91 Å². The van der Waals surface area contributed by atoms with Crippen LogP contribution in [0.3, 0.4) is 0 Å². The van der Waals surface area contributed by atoms with Gasteiger partial charge < -0.3 is 4.90 Å². The molecule has 0 atom stereocenters. The molecule has 0 aliphatic carbocycles. The average Bonchev–Trinajstić information content (AvgIpc) is 3.05. The second kappa shape index (κ2) is 5.73. The van der Waals surface area contributed by atoms with E-state index in [2.05, 4.69) is 10.2 Å². The summed E-state index contributed by atoms with van der Waals surface area (Å²) in [6, 6.07) is 1.78. The lowest BCUT2D eigenvalue weighted by Crippen LogP contribution is -2.28. The zero-order valence-electron chi connectivity index (χ0n) is 12.1. The van der Waals surface area contributed by atoms with Crippen LogP contribution in [0.15, 0.2) is 18.5 Å². The predicted octanol–water partition coefficient (Wildman–Crippen LogP) is 0.817. The molecule has 2 aromatic heterocycles. The molecule has 9 heteroatoms. The van der Waals surface area contributed by atoms with E-state index >= 15 is 0 Å². The number of hydrogen-bond acceptors (Lipinski definition) is 5. The third-order valence-corrected chi connectivity index (χ3v) is 3.13. The number of aryl methyl sites for hydroxylation is 2. The number of nitrogens with zero attached hydrogens (tertiary/aromatic N) is 6. The van der Waals surface area contributed by atoms with E-state index in [1.54, 1.807) is 38.0 Å². The third kappa shape index (κ3) is 2.91. The van der Waals surface area contributed by atoms with Crippen LogP contribution in [0, 0.1) is 10.1 Å². The van der Waals surface area contributed by atoms with E-state index in [9.17, 15) is 14.9 Å². The van der Waals surface area contributed by atoms with Crippen molar-refractivity contribution in [2.75, 3.05) is 7.05 Å². The minimum Gasteiger partial charge on any atom is -0.334 e. The van der Waals surface area contributed by atoms with Crippen molar-refractivity contribution < 1.29 is 9.72 Å². The molecule has 21 heavy (non-hydrogen) atoms. The molecule has 112 valence electrons. The molecule has 0 spiro atoms. The quantitative estimate of drug-likeness (QED) is 0.600. The highest BCUT2D eigenvalue weighted by molar-refractivity contribution is 5.95. The standard InChI is InChI=1S/C12H16N6O3/c1-4-17-8-10(18(20)21)11(14-17)12(19)15(2)7-9-5-6-13-16(9)3/h5-6,8H,4,7H2,1-3H3. The van der Waals surface area contributed by atoms with Gasteiger partial charge in [-0.2, -0.15) is 10.2 Å². The van der Waals surface area contributed by atoms with Crippen molar-refractivity contribution in [2.24, 2.45) is 7.05 Å². The van der Waals surface area contributed by atoms with Crippen molar-refractivity contribution in [2.45, 2.75) is 20.0 Å². The van der Waals surface area contributed by atoms with Gasteiger partial charge in [-0.25, -0.2) is 0 Å². The van der Waals surface area contributed by atoms with Gasteiger partial charge in [-0.15, -0.1) is 0 Å². The topological polar surface area (TPSA) is 99.1 Å². The second-order valence-corrected chi connectivity index (χ2v) is 4.58. The Morgan fingerprint density at radius 1 is 1.52 bits per heavy atom. The van der Waals surface area contributed by atoms with Crippen LogP contribution in [0.4, 0.5) is 5.69 Å². The van der Waals surface area contributed by atoms with E-state index in [0.717, 1.165) is 5.69 Å². The summed E-state index contributed by atoms with van der Waals surface area (Å²) < 4.78 is 3.02. The Morgan fingerprint density at radius 2 is 2.24 bits per heavy atom. The van der Waals surface area contributed by atoms with Crippen molar-refractivity contribution in [1.29, 1.82) is 0 Å². The predicted molar refractivity (Wildman–Crippen MR) is 73.6 cm³/mol. The van der Waals surface area contributed by atoms with Gasteiger partial charge in [0.05, 0.1) is 17.2 Å². The van der Waals surface area contributed by atoms with Crippen molar-refractivity contribution in [3.05, 3.63) is 40.0 Å². The normalized spacial score (nSPS) is 10.6. The van der Waals surface area contributed by atoms with E-state index in [-0.39, 0.29) is 11.4 Å². The molecular formula is C12H16N6O3. The zero-order chi connectivity index (χ0) is 15.6. The van der Waals surface area contributed by atoms with E-state index in [1.807, 2.05) is 0 Å². The summed E-state index contributed by atoms with van der Waals surface area (Å²) in [5.74, 6) is -0.491. The van der Waals surface area contributed by atoms with Crippen LogP contribution in [0.5, 0.6) is 0 Å². The van der Waals surface area contributed by atoms with Crippen LogP contribution < -0.4 is 0 Å². The van der Waals surface area contributed by atoms with Gasteiger partial charge in [-0.3, -0.25) is 24.3 Å². The number of amides is 1. The number of carbonyl (C=O) groups excluding carboxylic acids is 1. The van der Waals surface area contributed by atoms with Crippen LogP contribution in [-0.2, 0) is 20.1 Å². The van der Waals surface area contributed by atoms with Crippen LogP contribution in [0.25, 0.3) is 0 Å². The second-order valence-electron chi connectivity index (χ2n) is 4.58. The first-order chi connectivity index (χ1) is 9.93. The van der Waals surface area contributed by atoms with Crippen LogP contribution in [-0.4, -0.2) is 42.3 Å². The summed E-state index contributed by atoms with van der Waals surface area (Å²) in [6.07, 6.45) is 2.90. The molecule has 2 heterocycles. The summed E-state index contributed by atoms with van der Waals surface area (Å²) in [6.45, 7) is 2.55. The molecule has 0 N–H and O–H groups in total. The number of nitro groups is 1. The van der Waals surface area contributed by atoms with Gasteiger partial charge in [0, 0.05) is 26.8 Å². The fourth-order valence-electron chi connectivity index (χ4n) is 1.91. The van der Waals surface area contributed by atoms with Crippen molar-refractivity contribution in [3.63, 3.8) is 0 Å². The SMILES string of the molecule is CCn1cc([N+](=O)[O-])c(C(=O)N(C)Cc2ccnn2C)n1. The molecule has 0 aromatic carbocycles. The maximum Gasteiger partial charge on any atom is 0.320 e. The molecule has 0 unspecified atom stereocenters. The molecule has 2 aromatic rings. The van der Waals surface area contributed by atoms with Gasteiger partial charge in [-0.1, -0.05) is 0 Å². The third-order valence-electron chi connectivity index (χ3n) is 3.13. The first-order valence-electron chi connectivity index (χ1n) is 6.38. The highest BCUT2D eigenvalue weighted by Gasteiger charge is 2.28. The Balaban J connectivity index is 2.25. The van der Waals surface area contributed by atoms with Gasteiger partial charge in [-0.05, 0) is 13.0 Å². The summed E-state index contributed by atoms with van der Waals surface area (Å²) in [5, 5.41) is 19.0. The number of carbonyl (C=O) groups is 1. The lowest BCUT2D eigenvalue weighted by Gasteiger charge is -2.15. The lowest BCUT2D eigenvalue weighted by atomic mass is 10.3. The fraction of sp³-hybridized carbons (Fsp3) is 0.417. The summed E-state index contributed by atoms with van der Waals surface area (Å²) >= 11 is 0. The molecule has 9 nitrogen and oxygen atoms in total. The summed E-state index contributed by atoms with van der Waals surface area (Å²) in [4.78, 5) is 24.2. The highest BCUT2D eigenvalue weighted by atomic mass is 16.6. The average molecular weight is 292 g/mol. The number of aromatic nitrogens is 4. The molecular weight excluding hydrogens is 276 g/mol. The molecule has 0 fully saturated rings. The zero-order valence-corrected chi connectivity index (χ0v) is 12.1. The molecule has 1 amide bonds. The lowest BCUT2D eigenvalue weighted by molar-refractivity contribution is -0.385. The van der Waals surface area contributed by atoms with Crippen molar-refractivity contribution in [1.82, 2.24) is 24.5 Å². The van der Waals surface area contributed by atoms with Crippen LogP contribution in [0.2, 0.25) is 0 Å². The highest BCUT2D eigenvalue weighted by Crippen LogP contribution is 2.19. The van der Waals surface area contributed by atoms with Crippen molar-refractivity contribution >= 4 is 11.6 Å². The minimum atomic E-state index is -0.593. The van der Waals surface area contributed by atoms with Crippen LogP contribution in [0.1, 0.15) is 23.1 Å². The molecule has 0 bridgehead atoms. The van der Waals surface area contributed by atoms with Crippen molar-refractivity contribution in [3.8, 4) is 0 Å². The van der Waals surface area contributed by atoms with E-state index in [1.165, 1.54) is 15.8 Å². The van der Waals surface area contributed by atoms with E-state index in [4.69, 9.17) is 0 Å². The molecule has 0 saturated carbocycles. The Morgan fingerprint density at radius 3 is 2.76 bits per heavy atom.